The average molecular weight is 834 g/mol. The third kappa shape index (κ3) is 29.3. The fourth-order valence-corrected chi connectivity index (χ4v) is 6.14. The standard InChI is InChI=1S/C27H45NO2.C6H7Cl.C6H7P.C4H11N3.C3H8.CH4O2/c1-7-12-13-14-16-23(10-4)19-24-17-18-27(30-11-5)25(20-24)26(15-8-2)28(21-29)22(6)9-3;2*7-6-4-2-1-3-5-6;1-6-2-3-7(5)4-6;1-3-2;2-1-3/h15,17-18,20-23H,7-14,16,19H2,1-6H3;1-4,6H,5H2;1-5H,7H2;2-5H2,1H3;3H2,1-2H3;2-3H,1H2/b26-15+;;;;;. The second-order valence-electron chi connectivity index (χ2n) is 14.2. The van der Waals surface area contributed by atoms with Crippen LogP contribution in [0, 0.1) is 5.92 Å². The van der Waals surface area contributed by atoms with Crippen LogP contribution in [0.25, 0.3) is 5.70 Å². The fraction of sp³-hybridized carbons (Fsp3) is 0.596. The van der Waals surface area contributed by atoms with Crippen LogP contribution in [0.2, 0.25) is 0 Å². The van der Waals surface area contributed by atoms with E-state index in [1.54, 1.807) is 5.01 Å². The fourth-order valence-electron chi connectivity index (χ4n) is 5.73. The molecule has 1 aliphatic carbocycles. The Morgan fingerprint density at radius 3 is 2.05 bits per heavy atom. The van der Waals surface area contributed by atoms with Crippen molar-refractivity contribution in [1.29, 1.82) is 0 Å². The third-order valence-electron chi connectivity index (χ3n) is 8.96. The summed E-state index contributed by atoms with van der Waals surface area (Å²) in [6.45, 7) is 20.1. The zero-order chi connectivity index (χ0) is 43.3. The van der Waals surface area contributed by atoms with E-state index in [1.165, 1.54) is 55.8 Å². The summed E-state index contributed by atoms with van der Waals surface area (Å²) in [6, 6.07) is 16.9. The number of allylic oxidation sites excluding steroid dienone is 5. The summed E-state index contributed by atoms with van der Waals surface area (Å²) in [7, 11) is 4.69. The number of nitrogens with zero attached hydrogens (tertiary/aromatic N) is 3. The molecule has 57 heavy (non-hydrogen) atoms. The first-order valence-corrected chi connectivity index (χ1v) is 22.4. The van der Waals surface area contributed by atoms with Gasteiger partial charge in [-0.2, -0.15) is 0 Å². The minimum Gasteiger partial charge on any atom is -0.493 e. The Kier molecular flexibility index (Phi) is 38.6. The first-order valence-electron chi connectivity index (χ1n) is 21.3. The number of rotatable bonds is 16. The number of halogens is 1. The Labute approximate surface area is 356 Å². The molecular formula is C47H82ClN4O4P. The van der Waals surface area contributed by atoms with Crippen molar-refractivity contribution >= 4 is 38.3 Å². The highest BCUT2D eigenvalue weighted by atomic mass is 35.5. The van der Waals surface area contributed by atoms with Gasteiger partial charge in [-0.25, -0.2) is 5.01 Å². The highest BCUT2D eigenvalue weighted by Gasteiger charge is 2.20. The van der Waals surface area contributed by atoms with Crippen molar-refractivity contribution in [2.45, 2.75) is 137 Å². The third-order valence-corrected chi connectivity index (χ3v) is 9.67. The maximum absolute atomic E-state index is 12.0. The van der Waals surface area contributed by atoms with Gasteiger partial charge in [0.15, 0.2) is 0 Å². The highest BCUT2D eigenvalue weighted by molar-refractivity contribution is 7.27. The average Bonchev–Trinajstić information content (AvgIpc) is 3.60. The molecule has 0 bridgehead atoms. The molecule has 0 spiro atoms. The molecule has 4 atom stereocenters. The van der Waals surface area contributed by atoms with Gasteiger partial charge in [0.25, 0.3) is 0 Å². The number of alkyl halides is 1. The van der Waals surface area contributed by atoms with Crippen LogP contribution in [0.4, 0.5) is 0 Å². The number of carbonyl (C=O) groups excluding carboxylic acids is 1. The lowest BCUT2D eigenvalue weighted by atomic mass is 9.90. The van der Waals surface area contributed by atoms with Crippen LogP contribution in [0.3, 0.4) is 0 Å². The van der Waals surface area contributed by atoms with Gasteiger partial charge in [0.1, 0.15) is 12.5 Å². The van der Waals surface area contributed by atoms with Crippen LogP contribution < -0.4 is 15.9 Å². The first-order chi connectivity index (χ1) is 27.5. The largest absolute Gasteiger partial charge is 0.493 e. The predicted octanol–water partition coefficient (Wildman–Crippen LogP) is 10.3. The normalized spacial score (nSPS) is 15.7. The summed E-state index contributed by atoms with van der Waals surface area (Å²) in [5.74, 6) is 7.00. The molecule has 326 valence electrons. The molecule has 1 heterocycles. The molecule has 2 aromatic carbocycles. The number of ether oxygens (including phenoxy) is 1. The predicted molar refractivity (Wildman–Crippen MR) is 252 cm³/mol. The smallest absolute Gasteiger partial charge is 0.214 e. The molecule has 1 fully saturated rings. The molecule has 1 aliphatic heterocycles. The number of benzene rings is 2. The molecule has 0 radical (unpaired) electrons. The summed E-state index contributed by atoms with van der Waals surface area (Å²) in [5.41, 5.74) is 3.36. The van der Waals surface area contributed by atoms with E-state index in [2.05, 4.69) is 100 Å². The Morgan fingerprint density at radius 2 is 1.67 bits per heavy atom. The summed E-state index contributed by atoms with van der Waals surface area (Å²) in [4.78, 5) is 16.0. The number of amides is 1. The maximum atomic E-state index is 12.0. The van der Waals surface area contributed by atoms with Gasteiger partial charge in [0.2, 0.25) is 6.41 Å². The molecule has 2 aromatic rings. The topological polar surface area (TPSA) is 103 Å². The Bertz CT molecular complexity index is 1300. The van der Waals surface area contributed by atoms with E-state index in [0.717, 1.165) is 68.9 Å². The summed E-state index contributed by atoms with van der Waals surface area (Å²) in [6.07, 6.45) is 24.1. The minimum atomic E-state index is -0.750. The van der Waals surface area contributed by atoms with E-state index in [-0.39, 0.29) is 11.4 Å². The molecule has 8 nitrogen and oxygen atoms in total. The molecule has 10 heteroatoms. The number of hydrogen-bond donors (Lipinski definition) is 3. The Hall–Kier alpha value is -2.55. The van der Waals surface area contributed by atoms with Crippen molar-refractivity contribution in [2.75, 3.05) is 40.2 Å². The number of likely N-dealkylation sites (N-methyl/N-ethyl adjacent to an activating group) is 1. The van der Waals surface area contributed by atoms with Crippen molar-refractivity contribution < 1.29 is 19.7 Å². The Morgan fingerprint density at radius 1 is 1.00 bits per heavy atom. The van der Waals surface area contributed by atoms with Crippen LogP contribution >= 0.6 is 20.8 Å². The van der Waals surface area contributed by atoms with Crippen molar-refractivity contribution in [3.05, 3.63) is 90.0 Å². The second kappa shape index (κ2) is 38.9. The molecule has 4 unspecified atom stereocenters. The van der Waals surface area contributed by atoms with Crippen molar-refractivity contribution in [3.8, 4) is 5.75 Å². The number of hydrazine groups is 1. The van der Waals surface area contributed by atoms with Crippen LogP contribution in [0.5, 0.6) is 5.75 Å². The summed E-state index contributed by atoms with van der Waals surface area (Å²) >= 11 is 5.68. The van der Waals surface area contributed by atoms with E-state index < -0.39 is 6.79 Å². The zero-order valence-electron chi connectivity index (χ0n) is 37.2. The lowest BCUT2D eigenvalue weighted by Gasteiger charge is -2.29. The molecular weight excluding hydrogens is 751 g/mol. The van der Waals surface area contributed by atoms with Crippen molar-refractivity contribution in [2.24, 2.45) is 11.8 Å². The number of aliphatic hydroxyl groups is 2. The second-order valence-corrected chi connectivity index (χ2v) is 15.4. The summed E-state index contributed by atoms with van der Waals surface area (Å²) < 4.78 is 5.97. The van der Waals surface area contributed by atoms with Crippen molar-refractivity contribution in [1.82, 2.24) is 14.8 Å². The first kappa shape index (κ1) is 56.5. The van der Waals surface area contributed by atoms with E-state index in [0.29, 0.717) is 12.5 Å². The number of carbonyl (C=O) groups is 1. The Balaban J connectivity index is 0. The van der Waals surface area contributed by atoms with Gasteiger partial charge in [-0.05, 0) is 75.5 Å². The van der Waals surface area contributed by atoms with Crippen LogP contribution in [0.1, 0.15) is 131 Å². The molecule has 4 rings (SSSR count). The molecule has 2 aliphatic rings. The lowest BCUT2D eigenvalue weighted by molar-refractivity contribution is -0.116. The quantitative estimate of drug-likeness (QED) is 0.0387. The van der Waals surface area contributed by atoms with Gasteiger partial charge in [-0.15, -0.1) is 20.8 Å². The van der Waals surface area contributed by atoms with Gasteiger partial charge < -0.3 is 19.8 Å². The number of aliphatic hydroxyl groups excluding tert-OH is 1. The van der Waals surface area contributed by atoms with Gasteiger partial charge in [-0.3, -0.25) is 15.5 Å². The van der Waals surface area contributed by atoms with E-state index in [1.807, 2.05) is 60.4 Å². The zero-order valence-corrected chi connectivity index (χ0v) is 39.1. The molecule has 4 N–H and O–H groups in total. The number of nitrogens with two attached hydrogens (primary N) is 1. The molecule has 0 aromatic heterocycles. The SMILES string of the molecule is CC/C=C(\c1cc(CC(CC)CCCCCC)ccc1OCC)N(C=O)C(C)CC.CCC.CN1CCN(N)C1.ClC1C=CC=CC1.OCO.Pc1ccccc1. The molecule has 1 saturated heterocycles. The van der Waals surface area contributed by atoms with Crippen LogP contribution in [-0.2, 0) is 11.2 Å². The maximum Gasteiger partial charge on any atom is 0.214 e. The van der Waals surface area contributed by atoms with Crippen molar-refractivity contribution in [3.63, 3.8) is 0 Å². The minimum absolute atomic E-state index is 0.153. The highest BCUT2D eigenvalue weighted by Crippen LogP contribution is 2.33. The monoisotopic (exact) mass is 833 g/mol. The lowest BCUT2D eigenvalue weighted by Crippen LogP contribution is -2.30. The van der Waals surface area contributed by atoms with E-state index in [4.69, 9.17) is 32.4 Å². The summed E-state index contributed by atoms with van der Waals surface area (Å²) in [5, 5.41) is 17.5. The van der Waals surface area contributed by atoms with Gasteiger partial charge in [0.05, 0.1) is 24.3 Å². The van der Waals surface area contributed by atoms with Crippen LogP contribution in [-0.4, -0.2) is 83.1 Å². The van der Waals surface area contributed by atoms with Gasteiger partial charge >= 0.3 is 0 Å². The van der Waals surface area contributed by atoms with E-state index in [9.17, 15) is 4.79 Å². The van der Waals surface area contributed by atoms with Gasteiger partial charge in [-0.1, -0.05) is 153 Å². The van der Waals surface area contributed by atoms with Gasteiger partial charge in [0, 0.05) is 24.7 Å². The van der Waals surface area contributed by atoms with Crippen LogP contribution in [0.15, 0.2) is 78.9 Å². The number of hydrogen-bond acceptors (Lipinski definition) is 7. The molecule has 1 amide bonds. The number of unbranched alkanes of at least 4 members (excludes halogenated alkanes) is 3. The molecule has 0 saturated carbocycles. The van der Waals surface area contributed by atoms with E-state index >= 15 is 0 Å².